The van der Waals surface area contributed by atoms with E-state index < -0.39 is 10.8 Å². The zero-order chi connectivity index (χ0) is 36.5. The third-order valence-electron chi connectivity index (χ3n) is 10.6. The zero-order valence-corrected chi connectivity index (χ0v) is 30.6. The Morgan fingerprint density at radius 2 is 1.10 bits per heavy atom. The van der Waals surface area contributed by atoms with Crippen molar-refractivity contribution in [1.29, 1.82) is 0 Å². The van der Waals surface area contributed by atoms with Crippen LogP contribution in [-0.2, 0) is 20.4 Å². The molecule has 1 fully saturated rings. The minimum absolute atomic E-state index is 0.119. The summed E-state index contributed by atoms with van der Waals surface area (Å²) in [5.74, 6) is 0.332. The van der Waals surface area contributed by atoms with Crippen LogP contribution in [0.2, 0.25) is 0 Å². The van der Waals surface area contributed by atoms with E-state index in [1.165, 1.54) is 0 Å². The van der Waals surface area contributed by atoms with Gasteiger partial charge in [0.2, 0.25) is 11.8 Å². The number of carbonyl (C=O) groups excluding carboxylic acids is 2. The number of benzene rings is 2. The Kier molecular flexibility index (Phi) is 7.75. The second-order valence-electron chi connectivity index (χ2n) is 15.1. The molecule has 52 heavy (non-hydrogen) atoms. The standard InChI is InChI=1S/C22H22N4O.C20H20N4O/c1-14-10-15(8-9-23-14)16-12-24-25(13-16)18-6-7-19-20(11-18)26(17-4-5-17)21(27)22(19,2)3;1-13-9-14(7-8-21-13)15-11-22-24(12-15)16-5-6-17-18(10-16)23(4)19(25)20(17,2)3/h6-13,17H,4-5H2,1-3H3;5-12H,1-4H3. The molecule has 4 aromatic heterocycles. The number of rotatable bonds is 5. The lowest BCUT2D eigenvalue weighted by molar-refractivity contribution is -0.122. The van der Waals surface area contributed by atoms with Gasteiger partial charge in [-0.3, -0.25) is 19.6 Å². The Bertz CT molecular complexity index is 2380. The van der Waals surface area contributed by atoms with Crippen molar-refractivity contribution in [2.45, 2.75) is 71.3 Å². The number of hydrogen-bond acceptors (Lipinski definition) is 6. The largest absolute Gasteiger partial charge is 0.314 e. The molecule has 6 heterocycles. The van der Waals surface area contributed by atoms with E-state index in [0.717, 1.165) is 80.4 Å². The Balaban J connectivity index is 0.000000149. The summed E-state index contributed by atoms with van der Waals surface area (Å²) < 4.78 is 3.72. The fraction of sp³-hybridized carbons (Fsp3) is 0.286. The molecule has 0 spiro atoms. The number of likely N-dealkylation sites (N-methyl/N-ethyl adjacent to an activating group) is 1. The molecule has 6 aromatic rings. The molecule has 0 bridgehead atoms. The molecule has 1 saturated carbocycles. The molecule has 2 aliphatic heterocycles. The van der Waals surface area contributed by atoms with Crippen molar-refractivity contribution in [2.75, 3.05) is 16.8 Å². The Hall–Kier alpha value is -5.90. The highest BCUT2D eigenvalue weighted by Crippen LogP contribution is 2.47. The van der Waals surface area contributed by atoms with Gasteiger partial charge in [-0.05, 0) is 125 Å². The Labute approximate surface area is 303 Å². The minimum Gasteiger partial charge on any atom is -0.314 e. The van der Waals surface area contributed by atoms with Gasteiger partial charge in [-0.25, -0.2) is 9.36 Å². The number of fused-ring (bicyclic) bond motifs is 2. The van der Waals surface area contributed by atoms with Crippen molar-refractivity contribution in [1.82, 2.24) is 29.5 Å². The van der Waals surface area contributed by atoms with Crippen molar-refractivity contribution >= 4 is 23.2 Å². The highest BCUT2D eigenvalue weighted by molar-refractivity contribution is 6.09. The number of carbonyl (C=O) groups is 2. The van der Waals surface area contributed by atoms with Crippen LogP contribution in [0.25, 0.3) is 33.6 Å². The van der Waals surface area contributed by atoms with Crippen LogP contribution in [0.1, 0.15) is 63.1 Å². The molecule has 2 amide bonds. The maximum atomic E-state index is 12.9. The number of aromatic nitrogens is 6. The summed E-state index contributed by atoms with van der Waals surface area (Å²) in [4.78, 5) is 37.6. The zero-order valence-electron chi connectivity index (χ0n) is 30.6. The van der Waals surface area contributed by atoms with Gasteiger partial charge in [0, 0.05) is 66.1 Å². The molecule has 2 aromatic carbocycles. The first-order valence-corrected chi connectivity index (χ1v) is 17.7. The number of anilines is 2. The van der Waals surface area contributed by atoms with E-state index in [2.05, 4.69) is 44.4 Å². The van der Waals surface area contributed by atoms with Gasteiger partial charge in [0.25, 0.3) is 0 Å². The molecule has 3 aliphatic rings. The van der Waals surface area contributed by atoms with Gasteiger partial charge in [0.1, 0.15) is 0 Å². The lowest BCUT2D eigenvalue weighted by atomic mass is 9.86. The maximum Gasteiger partial charge on any atom is 0.237 e. The predicted octanol–water partition coefficient (Wildman–Crippen LogP) is 7.53. The number of nitrogens with zero attached hydrogens (tertiary/aromatic N) is 8. The first-order valence-electron chi connectivity index (χ1n) is 17.7. The summed E-state index contributed by atoms with van der Waals surface area (Å²) >= 11 is 0. The van der Waals surface area contributed by atoms with Gasteiger partial charge in [-0.2, -0.15) is 10.2 Å². The van der Waals surface area contributed by atoms with Crippen LogP contribution in [0.4, 0.5) is 11.4 Å². The number of amides is 2. The fourth-order valence-electron chi connectivity index (χ4n) is 7.40. The summed E-state index contributed by atoms with van der Waals surface area (Å²) in [6.45, 7) is 11.9. The second-order valence-corrected chi connectivity index (χ2v) is 15.1. The normalized spacial score (nSPS) is 16.8. The summed E-state index contributed by atoms with van der Waals surface area (Å²) in [5, 5.41) is 9.04. The lowest BCUT2D eigenvalue weighted by Gasteiger charge is -2.19. The number of aryl methyl sites for hydroxylation is 2. The molecule has 1 aliphatic carbocycles. The van der Waals surface area contributed by atoms with Crippen LogP contribution in [0.3, 0.4) is 0 Å². The van der Waals surface area contributed by atoms with Gasteiger partial charge in [-0.15, -0.1) is 0 Å². The van der Waals surface area contributed by atoms with E-state index in [1.807, 2.05) is 130 Å². The Morgan fingerprint density at radius 1 is 0.615 bits per heavy atom. The quantitative estimate of drug-likeness (QED) is 0.185. The molecule has 0 atom stereocenters. The van der Waals surface area contributed by atoms with E-state index in [1.54, 1.807) is 11.1 Å². The topological polar surface area (TPSA) is 102 Å². The maximum absolute atomic E-state index is 12.9. The van der Waals surface area contributed by atoms with Crippen molar-refractivity contribution in [3.63, 3.8) is 0 Å². The second kappa shape index (κ2) is 12.1. The monoisotopic (exact) mass is 690 g/mol. The molecule has 10 nitrogen and oxygen atoms in total. The average molecular weight is 691 g/mol. The molecule has 10 heteroatoms. The van der Waals surface area contributed by atoms with E-state index in [0.29, 0.717) is 6.04 Å². The molecular weight excluding hydrogens is 649 g/mol. The molecule has 262 valence electrons. The van der Waals surface area contributed by atoms with Crippen LogP contribution >= 0.6 is 0 Å². The predicted molar refractivity (Wildman–Crippen MR) is 203 cm³/mol. The molecule has 0 N–H and O–H groups in total. The van der Waals surface area contributed by atoms with Crippen LogP contribution in [0.15, 0.2) is 97.8 Å². The highest BCUT2D eigenvalue weighted by atomic mass is 16.2. The van der Waals surface area contributed by atoms with Crippen molar-refractivity contribution in [2.24, 2.45) is 0 Å². The first kappa shape index (κ1) is 33.3. The van der Waals surface area contributed by atoms with Crippen LogP contribution < -0.4 is 9.80 Å². The van der Waals surface area contributed by atoms with E-state index >= 15 is 0 Å². The lowest BCUT2D eigenvalue weighted by Crippen LogP contribution is -2.37. The third-order valence-corrected chi connectivity index (χ3v) is 10.6. The number of hydrogen-bond donors (Lipinski definition) is 0. The van der Waals surface area contributed by atoms with Crippen LogP contribution in [-0.4, -0.2) is 54.4 Å². The van der Waals surface area contributed by atoms with Gasteiger partial charge in [0.05, 0.1) is 40.3 Å². The number of pyridine rings is 2. The minimum atomic E-state index is -0.480. The molecular formula is C42H42N8O2. The SMILES string of the molecule is Cc1cc(-c2cnn(-c3ccc4c(c3)N(C)C(=O)C4(C)C)c2)ccn1.Cc1cc(-c2cnn(-c3ccc4c(c3)N(C3CC3)C(=O)C4(C)C)c2)ccn1. The summed E-state index contributed by atoms with van der Waals surface area (Å²) in [6.07, 6.45) is 13.6. The highest BCUT2D eigenvalue weighted by Gasteiger charge is 2.49. The fourth-order valence-corrected chi connectivity index (χ4v) is 7.40. The summed E-state index contributed by atoms with van der Waals surface area (Å²) in [6, 6.07) is 20.7. The molecule has 9 rings (SSSR count). The summed E-state index contributed by atoms with van der Waals surface area (Å²) in [5.41, 5.74) is 11.4. The average Bonchev–Trinajstić information content (AvgIpc) is 3.48. The smallest absolute Gasteiger partial charge is 0.237 e. The van der Waals surface area contributed by atoms with Crippen molar-refractivity contribution < 1.29 is 9.59 Å². The molecule has 0 unspecified atom stereocenters. The molecule has 0 saturated heterocycles. The van der Waals surface area contributed by atoms with Gasteiger partial charge >= 0.3 is 0 Å². The van der Waals surface area contributed by atoms with Gasteiger partial charge < -0.3 is 9.80 Å². The Morgan fingerprint density at radius 3 is 1.60 bits per heavy atom. The van der Waals surface area contributed by atoms with E-state index in [-0.39, 0.29) is 11.8 Å². The first-order chi connectivity index (χ1) is 24.8. The summed E-state index contributed by atoms with van der Waals surface area (Å²) in [7, 11) is 1.83. The van der Waals surface area contributed by atoms with Crippen molar-refractivity contribution in [3.05, 3.63) is 120 Å². The van der Waals surface area contributed by atoms with Crippen LogP contribution in [0, 0.1) is 13.8 Å². The molecule has 0 radical (unpaired) electrons. The van der Waals surface area contributed by atoms with Crippen molar-refractivity contribution in [3.8, 4) is 33.6 Å². The van der Waals surface area contributed by atoms with Gasteiger partial charge in [0.15, 0.2) is 0 Å². The van der Waals surface area contributed by atoms with E-state index in [9.17, 15) is 9.59 Å². The van der Waals surface area contributed by atoms with Gasteiger partial charge in [-0.1, -0.05) is 12.1 Å². The van der Waals surface area contributed by atoms with Crippen LogP contribution in [0.5, 0.6) is 0 Å². The van der Waals surface area contributed by atoms with E-state index in [4.69, 9.17) is 0 Å². The third kappa shape index (κ3) is 5.59.